The van der Waals surface area contributed by atoms with Gasteiger partial charge in [0.2, 0.25) is 0 Å². The van der Waals surface area contributed by atoms with Crippen molar-refractivity contribution in [2.45, 2.75) is 0 Å². The largest absolute Gasteiger partial charge is 0.354 e. The Kier molecular flexibility index (Phi) is 7.18. The third-order valence-electron chi connectivity index (χ3n) is 10.4. The second-order valence-electron chi connectivity index (χ2n) is 13.4. The van der Waals surface area contributed by atoms with Crippen molar-refractivity contribution in [3.05, 3.63) is 216 Å². The fourth-order valence-corrected chi connectivity index (χ4v) is 7.98. The zero-order valence-electron chi connectivity index (χ0n) is 28.5. The van der Waals surface area contributed by atoms with Gasteiger partial charge in [-0.25, -0.2) is 0 Å². The van der Waals surface area contributed by atoms with E-state index in [2.05, 4.69) is 204 Å². The molecule has 0 unspecified atom stereocenters. The molecule has 2 nitrogen and oxygen atoms in total. The molecular formula is C50H34N2. The lowest BCUT2D eigenvalue weighted by Crippen LogP contribution is -1.98. The van der Waals surface area contributed by atoms with Crippen LogP contribution in [0.25, 0.3) is 77.0 Å². The average Bonchev–Trinajstić information content (AvgIpc) is 3.80. The molecular weight excluding hydrogens is 629 g/mol. The van der Waals surface area contributed by atoms with Crippen LogP contribution >= 0.6 is 0 Å². The van der Waals surface area contributed by atoms with Crippen LogP contribution in [0.1, 0.15) is 22.3 Å². The highest BCUT2D eigenvalue weighted by Crippen LogP contribution is 2.40. The average molecular weight is 663 g/mol. The second kappa shape index (κ2) is 12.5. The predicted molar refractivity (Wildman–Crippen MR) is 220 cm³/mol. The minimum absolute atomic E-state index is 1.16. The normalized spacial score (nSPS) is 11.5. The number of H-pyrrole nitrogens is 2. The van der Waals surface area contributed by atoms with Crippen LogP contribution in [0.3, 0.4) is 0 Å². The van der Waals surface area contributed by atoms with Crippen molar-refractivity contribution in [3.63, 3.8) is 0 Å². The molecule has 0 saturated carbocycles. The Bertz CT molecular complexity index is 2710. The molecule has 2 N–H and O–H groups in total. The van der Waals surface area contributed by atoms with Crippen LogP contribution < -0.4 is 0 Å². The summed E-state index contributed by atoms with van der Waals surface area (Å²) in [4.78, 5) is 7.39. The Morgan fingerprint density at radius 1 is 0.269 bits per heavy atom. The Hall–Kier alpha value is -6.90. The zero-order valence-corrected chi connectivity index (χ0v) is 28.5. The van der Waals surface area contributed by atoms with Crippen LogP contribution in [0.2, 0.25) is 0 Å². The van der Waals surface area contributed by atoms with Gasteiger partial charge in [0.05, 0.1) is 11.0 Å². The van der Waals surface area contributed by atoms with Crippen molar-refractivity contribution in [1.82, 2.24) is 9.97 Å². The molecule has 2 heteroatoms. The van der Waals surface area contributed by atoms with Crippen LogP contribution in [0.4, 0.5) is 0 Å². The number of rotatable bonds is 6. The molecule has 0 radical (unpaired) electrons. The van der Waals surface area contributed by atoms with E-state index in [0.29, 0.717) is 0 Å². The Morgan fingerprint density at radius 3 is 1.04 bits per heavy atom. The minimum Gasteiger partial charge on any atom is -0.354 e. The number of aromatic amines is 2. The van der Waals surface area contributed by atoms with E-state index in [4.69, 9.17) is 0 Å². The summed E-state index contributed by atoms with van der Waals surface area (Å²) in [5, 5.41) is 4.99. The van der Waals surface area contributed by atoms with Gasteiger partial charge in [-0.15, -0.1) is 0 Å². The van der Waals surface area contributed by atoms with Crippen LogP contribution in [0.5, 0.6) is 0 Å². The van der Waals surface area contributed by atoms with E-state index < -0.39 is 0 Å². The van der Waals surface area contributed by atoms with E-state index in [0.717, 1.165) is 11.0 Å². The summed E-state index contributed by atoms with van der Waals surface area (Å²) < 4.78 is 0. The van der Waals surface area contributed by atoms with Crippen LogP contribution in [-0.2, 0) is 0 Å². The number of aromatic nitrogens is 2. The Morgan fingerprint density at radius 2 is 0.615 bits per heavy atom. The maximum atomic E-state index is 3.70. The van der Waals surface area contributed by atoms with E-state index in [-0.39, 0.29) is 0 Å². The van der Waals surface area contributed by atoms with Gasteiger partial charge in [-0.2, -0.15) is 0 Å². The summed E-state index contributed by atoms with van der Waals surface area (Å²) in [6, 6.07) is 70.1. The number of benzene rings is 8. The summed E-state index contributed by atoms with van der Waals surface area (Å²) in [5.41, 5.74) is 16.5. The summed E-state index contributed by atoms with van der Waals surface area (Å²) in [6.07, 6.45) is 0. The van der Waals surface area contributed by atoms with Gasteiger partial charge < -0.3 is 9.97 Å². The van der Waals surface area contributed by atoms with Crippen molar-refractivity contribution >= 4 is 54.8 Å². The maximum Gasteiger partial charge on any atom is 0.0544 e. The smallest absolute Gasteiger partial charge is 0.0544 e. The van der Waals surface area contributed by atoms with Gasteiger partial charge in [-0.1, -0.05) is 182 Å². The van der Waals surface area contributed by atoms with Gasteiger partial charge in [0, 0.05) is 43.7 Å². The molecule has 0 bridgehead atoms. The predicted octanol–water partition coefficient (Wildman–Crippen LogP) is 13.3. The Labute approximate surface area is 302 Å². The lowest BCUT2D eigenvalue weighted by molar-refractivity contribution is 1.49. The van der Waals surface area contributed by atoms with E-state index in [1.807, 2.05) is 0 Å². The first-order chi connectivity index (χ1) is 25.8. The fraction of sp³-hybridized carbons (Fsp3) is 0. The molecule has 0 spiro atoms. The van der Waals surface area contributed by atoms with Crippen LogP contribution in [0, 0.1) is 0 Å². The molecule has 52 heavy (non-hydrogen) atoms. The summed E-state index contributed by atoms with van der Waals surface area (Å²) >= 11 is 0. The highest BCUT2D eigenvalue weighted by atomic mass is 14.7. The standard InChI is InChI=1S/C50H34N2/c1-3-13-35(14-4-1)47(36-15-5-2-6-16-36)48(37-29-25-33(26-30-37)39-19-11-21-43-41-17-7-9-23-45(41)51-49(39)43)38-31-27-34(28-32-38)40-20-12-22-44-42-18-8-10-24-46(42)52-50(40)44/h1-32,51-52H. The highest BCUT2D eigenvalue weighted by Gasteiger charge is 2.18. The SMILES string of the molecule is c1ccc(C(=C(c2ccc(-c3cccc4c3[nH]c3ccccc34)cc2)c2ccc(-c3cccc4c3[nH]c3ccccc34)cc2)c2ccccc2)cc1. The number of hydrogen-bond donors (Lipinski definition) is 2. The van der Waals surface area contributed by atoms with Crippen molar-refractivity contribution in [2.75, 3.05) is 0 Å². The molecule has 244 valence electrons. The van der Waals surface area contributed by atoms with Crippen molar-refractivity contribution in [3.8, 4) is 22.3 Å². The fourth-order valence-electron chi connectivity index (χ4n) is 7.98. The number of nitrogens with one attached hydrogen (secondary N) is 2. The third-order valence-corrected chi connectivity index (χ3v) is 10.4. The summed E-state index contributed by atoms with van der Waals surface area (Å²) in [5.74, 6) is 0. The second-order valence-corrected chi connectivity index (χ2v) is 13.4. The molecule has 0 aliphatic carbocycles. The Balaban J connectivity index is 1.14. The van der Waals surface area contributed by atoms with E-state index in [1.54, 1.807) is 0 Å². The molecule has 0 aliphatic rings. The van der Waals surface area contributed by atoms with E-state index in [1.165, 1.54) is 88.2 Å². The summed E-state index contributed by atoms with van der Waals surface area (Å²) in [6.45, 7) is 0. The van der Waals surface area contributed by atoms with Crippen LogP contribution in [0.15, 0.2) is 194 Å². The lowest BCUT2D eigenvalue weighted by atomic mass is 9.85. The summed E-state index contributed by atoms with van der Waals surface area (Å²) in [7, 11) is 0. The molecule has 8 aromatic carbocycles. The first kappa shape index (κ1) is 30.0. The van der Waals surface area contributed by atoms with Gasteiger partial charge in [0.25, 0.3) is 0 Å². The first-order valence-electron chi connectivity index (χ1n) is 17.9. The van der Waals surface area contributed by atoms with E-state index >= 15 is 0 Å². The first-order valence-corrected chi connectivity index (χ1v) is 17.9. The van der Waals surface area contributed by atoms with Gasteiger partial charge in [0.15, 0.2) is 0 Å². The monoisotopic (exact) mass is 662 g/mol. The number of fused-ring (bicyclic) bond motifs is 6. The van der Waals surface area contributed by atoms with Gasteiger partial charge in [0.1, 0.15) is 0 Å². The van der Waals surface area contributed by atoms with Gasteiger partial charge in [-0.05, 0) is 56.7 Å². The molecule has 0 atom stereocenters. The molecule has 0 amide bonds. The topological polar surface area (TPSA) is 31.6 Å². The molecule has 0 aliphatic heterocycles. The minimum atomic E-state index is 1.16. The lowest BCUT2D eigenvalue weighted by Gasteiger charge is -2.19. The van der Waals surface area contributed by atoms with Gasteiger partial charge >= 0.3 is 0 Å². The maximum absolute atomic E-state index is 3.70. The molecule has 10 aromatic rings. The quantitative estimate of drug-likeness (QED) is 0.166. The van der Waals surface area contributed by atoms with Gasteiger partial charge in [-0.3, -0.25) is 0 Å². The highest BCUT2D eigenvalue weighted by molar-refractivity contribution is 6.13. The van der Waals surface area contributed by atoms with Crippen LogP contribution in [-0.4, -0.2) is 9.97 Å². The number of hydrogen-bond acceptors (Lipinski definition) is 0. The molecule has 0 fully saturated rings. The van der Waals surface area contributed by atoms with E-state index in [9.17, 15) is 0 Å². The molecule has 0 saturated heterocycles. The number of para-hydroxylation sites is 4. The zero-order chi connectivity index (χ0) is 34.4. The molecule has 2 heterocycles. The van der Waals surface area contributed by atoms with Crippen molar-refractivity contribution in [2.24, 2.45) is 0 Å². The molecule has 2 aromatic heterocycles. The molecule has 10 rings (SSSR count). The third kappa shape index (κ3) is 5.04. The van der Waals surface area contributed by atoms with Crippen molar-refractivity contribution < 1.29 is 0 Å². The van der Waals surface area contributed by atoms with Crippen molar-refractivity contribution in [1.29, 1.82) is 0 Å².